The molecule has 156 valence electrons. The Morgan fingerprint density at radius 3 is 2.31 bits per heavy atom. The van der Waals surface area contributed by atoms with Crippen molar-refractivity contribution >= 4 is 27.4 Å². The maximum absolute atomic E-state index is 12.6. The second-order valence-electron chi connectivity index (χ2n) is 6.68. The van der Waals surface area contributed by atoms with Crippen molar-refractivity contribution in [2.24, 2.45) is 0 Å². The molecule has 1 N–H and O–H groups in total. The zero-order chi connectivity index (χ0) is 21.6. The molecule has 2 aromatic carbocycles. The Balaban J connectivity index is 2.21. The number of nitrogens with zero attached hydrogens (tertiary/aromatic N) is 1. The third kappa shape index (κ3) is 6.05. The number of methoxy groups -OCH3 is 1. The fourth-order valence-electron chi connectivity index (χ4n) is 2.91. The van der Waals surface area contributed by atoms with Crippen LogP contribution in [0.25, 0.3) is 0 Å². The minimum atomic E-state index is -3.73. The number of Topliss-reactive ketones (excluding diaryl/α,β-unsaturated/α-hetero) is 1. The predicted octanol–water partition coefficient (Wildman–Crippen LogP) is 2.93. The summed E-state index contributed by atoms with van der Waals surface area (Å²) in [6, 6.07) is 13.3. The molecule has 2 aromatic rings. The number of hydrogen-bond acceptors (Lipinski definition) is 5. The normalized spacial score (nSPS) is 12.1. The summed E-state index contributed by atoms with van der Waals surface area (Å²) in [4.78, 5) is 24.3. The lowest BCUT2D eigenvalue weighted by molar-refractivity contribution is -0.120. The first-order chi connectivity index (χ1) is 13.7. The van der Waals surface area contributed by atoms with Crippen LogP contribution in [0.4, 0.5) is 5.69 Å². The van der Waals surface area contributed by atoms with Crippen LogP contribution >= 0.6 is 0 Å². The number of nitrogens with one attached hydrogen (secondary N) is 1. The standard InChI is InChI=1S/C21H26N2O5S/c1-5-20(16-9-11-19(28-3)12-10-16)22-21(25)14-23(29(4,26)27)18-8-6-7-17(13-18)15(2)24/h6-13,20H,5,14H2,1-4H3,(H,22,25)/t20-/m1/s1. The van der Waals surface area contributed by atoms with Gasteiger partial charge in [-0.2, -0.15) is 0 Å². The van der Waals surface area contributed by atoms with Gasteiger partial charge in [-0.1, -0.05) is 31.2 Å². The van der Waals surface area contributed by atoms with Gasteiger partial charge in [0.2, 0.25) is 15.9 Å². The van der Waals surface area contributed by atoms with Gasteiger partial charge in [-0.25, -0.2) is 8.42 Å². The molecule has 1 atom stereocenters. The van der Waals surface area contributed by atoms with E-state index in [1.807, 2.05) is 19.1 Å². The van der Waals surface area contributed by atoms with E-state index in [-0.39, 0.29) is 24.1 Å². The summed E-state index contributed by atoms with van der Waals surface area (Å²) in [6.45, 7) is 2.95. The Morgan fingerprint density at radius 2 is 1.79 bits per heavy atom. The van der Waals surface area contributed by atoms with E-state index < -0.39 is 15.9 Å². The molecular weight excluding hydrogens is 392 g/mol. The van der Waals surface area contributed by atoms with Crippen LogP contribution < -0.4 is 14.4 Å². The van der Waals surface area contributed by atoms with Gasteiger partial charge in [0.25, 0.3) is 0 Å². The highest BCUT2D eigenvalue weighted by molar-refractivity contribution is 7.92. The average Bonchev–Trinajstić information content (AvgIpc) is 2.69. The van der Waals surface area contributed by atoms with Crippen molar-refractivity contribution in [3.05, 3.63) is 59.7 Å². The fraction of sp³-hybridized carbons (Fsp3) is 0.333. The number of benzene rings is 2. The largest absolute Gasteiger partial charge is 0.497 e. The van der Waals surface area contributed by atoms with E-state index in [4.69, 9.17) is 4.74 Å². The minimum absolute atomic E-state index is 0.185. The third-order valence-corrected chi connectivity index (χ3v) is 5.63. The van der Waals surface area contributed by atoms with Crippen LogP contribution in [-0.4, -0.2) is 40.0 Å². The average molecular weight is 419 g/mol. The maximum Gasteiger partial charge on any atom is 0.241 e. The lowest BCUT2D eigenvalue weighted by atomic mass is 10.0. The van der Waals surface area contributed by atoms with Gasteiger partial charge < -0.3 is 10.1 Å². The van der Waals surface area contributed by atoms with Crippen molar-refractivity contribution in [3.63, 3.8) is 0 Å². The summed E-state index contributed by atoms with van der Waals surface area (Å²) in [5, 5.41) is 2.88. The number of ether oxygens (including phenoxy) is 1. The fourth-order valence-corrected chi connectivity index (χ4v) is 3.76. The van der Waals surface area contributed by atoms with Crippen LogP contribution in [0.15, 0.2) is 48.5 Å². The van der Waals surface area contributed by atoms with Crippen LogP contribution in [0, 0.1) is 0 Å². The monoisotopic (exact) mass is 418 g/mol. The number of amides is 1. The van der Waals surface area contributed by atoms with Crippen molar-refractivity contribution < 1.29 is 22.7 Å². The van der Waals surface area contributed by atoms with E-state index in [1.165, 1.54) is 13.0 Å². The van der Waals surface area contributed by atoms with Crippen LogP contribution in [0.5, 0.6) is 5.75 Å². The van der Waals surface area contributed by atoms with Crippen LogP contribution in [0.2, 0.25) is 0 Å². The van der Waals surface area contributed by atoms with Crippen molar-refractivity contribution in [1.29, 1.82) is 0 Å². The SMILES string of the molecule is CC[C@@H](NC(=O)CN(c1cccc(C(C)=O)c1)S(C)(=O)=O)c1ccc(OC)cc1. The molecule has 0 aromatic heterocycles. The lowest BCUT2D eigenvalue weighted by Crippen LogP contribution is -2.41. The first-order valence-electron chi connectivity index (χ1n) is 9.17. The Kier molecular flexibility index (Phi) is 7.39. The first-order valence-corrected chi connectivity index (χ1v) is 11.0. The van der Waals surface area contributed by atoms with Crippen LogP contribution in [0.1, 0.15) is 42.2 Å². The van der Waals surface area contributed by atoms with Gasteiger partial charge in [-0.05, 0) is 43.2 Å². The van der Waals surface area contributed by atoms with Gasteiger partial charge in [0.05, 0.1) is 25.1 Å². The van der Waals surface area contributed by atoms with E-state index >= 15 is 0 Å². The second-order valence-corrected chi connectivity index (χ2v) is 8.58. The van der Waals surface area contributed by atoms with E-state index in [9.17, 15) is 18.0 Å². The zero-order valence-electron chi connectivity index (χ0n) is 17.0. The van der Waals surface area contributed by atoms with Gasteiger partial charge >= 0.3 is 0 Å². The maximum atomic E-state index is 12.6. The Bertz CT molecular complexity index is 971. The van der Waals surface area contributed by atoms with Crippen LogP contribution in [0.3, 0.4) is 0 Å². The summed E-state index contributed by atoms with van der Waals surface area (Å²) < 4.78 is 30.7. The molecule has 8 heteroatoms. The van der Waals surface area contributed by atoms with E-state index in [1.54, 1.807) is 37.4 Å². The summed E-state index contributed by atoms with van der Waals surface area (Å²) in [5.41, 5.74) is 1.54. The Hall–Kier alpha value is -2.87. The number of ketones is 1. The third-order valence-electron chi connectivity index (χ3n) is 4.49. The minimum Gasteiger partial charge on any atom is -0.497 e. The number of anilines is 1. The highest BCUT2D eigenvalue weighted by Crippen LogP contribution is 2.22. The van der Waals surface area contributed by atoms with Gasteiger partial charge in [-0.15, -0.1) is 0 Å². The van der Waals surface area contributed by atoms with Gasteiger partial charge in [0.15, 0.2) is 5.78 Å². The topological polar surface area (TPSA) is 92.8 Å². The molecule has 1 amide bonds. The molecule has 0 aliphatic heterocycles. The molecule has 0 saturated carbocycles. The van der Waals surface area contributed by atoms with Gasteiger partial charge in [0, 0.05) is 5.56 Å². The number of sulfonamides is 1. The zero-order valence-corrected chi connectivity index (χ0v) is 17.8. The van der Waals surface area contributed by atoms with Crippen molar-refractivity contribution in [1.82, 2.24) is 5.32 Å². The summed E-state index contributed by atoms with van der Waals surface area (Å²) in [6.07, 6.45) is 1.66. The molecule has 0 spiro atoms. The summed E-state index contributed by atoms with van der Waals surface area (Å²) >= 11 is 0. The smallest absolute Gasteiger partial charge is 0.241 e. The second kappa shape index (κ2) is 9.56. The number of carbonyl (C=O) groups is 2. The highest BCUT2D eigenvalue weighted by atomic mass is 32.2. The Morgan fingerprint density at radius 1 is 1.14 bits per heavy atom. The molecule has 2 rings (SSSR count). The first kappa shape index (κ1) is 22.4. The molecule has 0 aliphatic carbocycles. The molecule has 7 nitrogen and oxygen atoms in total. The number of carbonyl (C=O) groups excluding carboxylic acids is 2. The number of rotatable bonds is 9. The molecule has 0 unspecified atom stereocenters. The Labute approximate surface area is 171 Å². The quantitative estimate of drug-likeness (QED) is 0.632. The molecule has 0 bridgehead atoms. The molecule has 0 aliphatic rings. The number of hydrogen-bond donors (Lipinski definition) is 1. The van der Waals surface area contributed by atoms with E-state index in [2.05, 4.69) is 5.32 Å². The summed E-state index contributed by atoms with van der Waals surface area (Å²) in [5.74, 6) is 0.0881. The van der Waals surface area contributed by atoms with Crippen LogP contribution in [-0.2, 0) is 14.8 Å². The summed E-state index contributed by atoms with van der Waals surface area (Å²) in [7, 11) is -2.15. The van der Waals surface area contributed by atoms with Gasteiger partial charge in [0.1, 0.15) is 12.3 Å². The van der Waals surface area contributed by atoms with E-state index in [0.717, 1.165) is 16.1 Å². The van der Waals surface area contributed by atoms with E-state index in [0.29, 0.717) is 17.7 Å². The molecule has 0 fully saturated rings. The molecule has 0 saturated heterocycles. The molecular formula is C21H26N2O5S. The van der Waals surface area contributed by atoms with Gasteiger partial charge in [-0.3, -0.25) is 13.9 Å². The highest BCUT2D eigenvalue weighted by Gasteiger charge is 2.23. The molecule has 0 radical (unpaired) electrons. The molecule has 29 heavy (non-hydrogen) atoms. The molecule has 0 heterocycles. The van der Waals surface area contributed by atoms with Crippen molar-refractivity contribution in [2.75, 3.05) is 24.2 Å². The predicted molar refractivity (Wildman–Crippen MR) is 113 cm³/mol. The van der Waals surface area contributed by atoms with Crippen molar-refractivity contribution in [2.45, 2.75) is 26.3 Å². The van der Waals surface area contributed by atoms with Crippen molar-refractivity contribution in [3.8, 4) is 5.75 Å². The lowest BCUT2D eigenvalue weighted by Gasteiger charge is -2.24.